The van der Waals surface area contributed by atoms with E-state index in [9.17, 15) is 9.90 Å². The molecule has 0 spiro atoms. The maximum Gasteiger partial charge on any atom is 0.254 e. The molecule has 2 atom stereocenters. The van der Waals surface area contributed by atoms with E-state index in [-0.39, 0.29) is 12.0 Å². The summed E-state index contributed by atoms with van der Waals surface area (Å²) in [4.78, 5) is 13.6. The molecule has 0 aromatic rings. The van der Waals surface area contributed by atoms with Gasteiger partial charge in [-0.3, -0.25) is 4.79 Å². The van der Waals surface area contributed by atoms with Crippen LogP contribution in [0.2, 0.25) is 0 Å². The Bertz CT molecular complexity index is 227. The van der Waals surface area contributed by atoms with Crippen LogP contribution in [-0.2, 0) is 14.3 Å². The van der Waals surface area contributed by atoms with E-state index >= 15 is 0 Å². The van der Waals surface area contributed by atoms with Gasteiger partial charge in [-0.15, -0.1) is 0 Å². The van der Waals surface area contributed by atoms with Crippen molar-refractivity contribution in [2.24, 2.45) is 0 Å². The highest BCUT2D eigenvalue weighted by Gasteiger charge is 2.30. The Hall–Kier alpha value is -0.650. The molecule has 1 amide bonds. The first kappa shape index (κ1) is 10.9. The molecule has 1 N–H and O–H groups in total. The number of rotatable bonds is 1. The first-order chi connectivity index (χ1) is 7.27. The standard InChI is InChI=1S/C10H17NO4/c12-8-2-1-3-11(6-8)10(13)9-7-14-4-5-15-9/h8-9,12H,1-7H2/t8-,9?/m0/s1. The summed E-state index contributed by atoms with van der Waals surface area (Å²) in [5, 5.41) is 9.46. The number of carbonyl (C=O) groups excluding carboxylic acids is 1. The number of ether oxygens (including phenoxy) is 2. The molecule has 0 aliphatic carbocycles. The molecule has 2 fully saturated rings. The summed E-state index contributed by atoms with van der Waals surface area (Å²) in [6.45, 7) is 2.53. The SMILES string of the molecule is O=C(C1COCCO1)N1CCC[C@H](O)C1. The van der Waals surface area contributed by atoms with Crippen molar-refractivity contribution in [1.29, 1.82) is 0 Å². The third-order valence-corrected chi connectivity index (χ3v) is 2.80. The number of amides is 1. The van der Waals surface area contributed by atoms with Gasteiger partial charge in [0, 0.05) is 13.1 Å². The van der Waals surface area contributed by atoms with Crippen molar-refractivity contribution < 1.29 is 19.4 Å². The lowest BCUT2D eigenvalue weighted by atomic mass is 10.1. The molecule has 0 radical (unpaired) electrons. The van der Waals surface area contributed by atoms with E-state index in [1.807, 2.05) is 0 Å². The Labute approximate surface area is 89.0 Å². The predicted molar refractivity (Wildman–Crippen MR) is 52.4 cm³/mol. The highest BCUT2D eigenvalue weighted by atomic mass is 16.6. The molecular weight excluding hydrogens is 198 g/mol. The Kier molecular flexibility index (Phi) is 3.56. The second-order valence-corrected chi connectivity index (χ2v) is 4.01. The number of carbonyl (C=O) groups is 1. The Morgan fingerprint density at radius 2 is 2.27 bits per heavy atom. The van der Waals surface area contributed by atoms with Crippen LogP contribution in [0.4, 0.5) is 0 Å². The monoisotopic (exact) mass is 215 g/mol. The van der Waals surface area contributed by atoms with Gasteiger partial charge in [0.2, 0.25) is 0 Å². The fraction of sp³-hybridized carbons (Fsp3) is 0.900. The van der Waals surface area contributed by atoms with Crippen LogP contribution in [-0.4, -0.2) is 61.0 Å². The van der Waals surface area contributed by atoms with Crippen molar-refractivity contribution in [2.75, 3.05) is 32.9 Å². The lowest BCUT2D eigenvalue weighted by molar-refractivity contribution is -0.160. The summed E-state index contributed by atoms with van der Waals surface area (Å²) in [5.41, 5.74) is 0. The van der Waals surface area contributed by atoms with Gasteiger partial charge in [0.1, 0.15) is 0 Å². The molecule has 86 valence electrons. The smallest absolute Gasteiger partial charge is 0.254 e. The Morgan fingerprint density at radius 1 is 1.40 bits per heavy atom. The van der Waals surface area contributed by atoms with Gasteiger partial charge in [-0.1, -0.05) is 0 Å². The average Bonchev–Trinajstić information content (AvgIpc) is 2.29. The van der Waals surface area contributed by atoms with Gasteiger partial charge in [0.05, 0.1) is 25.9 Å². The zero-order valence-electron chi connectivity index (χ0n) is 8.72. The highest BCUT2D eigenvalue weighted by molar-refractivity contribution is 5.81. The molecule has 5 nitrogen and oxygen atoms in total. The summed E-state index contributed by atoms with van der Waals surface area (Å²) in [6.07, 6.45) is 0.794. The van der Waals surface area contributed by atoms with E-state index in [0.717, 1.165) is 19.4 Å². The minimum atomic E-state index is -0.468. The Balaban J connectivity index is 1.88. The molecule has 5 heteroatoms. The zero-order chi connectivity index (χ0) is 10.7. The van der Waals surface area contributed by atoms with E-state index in [2.05, 4.69) is 0 Å². The fourth-order valence-electron chi connectivity index (χ4n) is 1.99. The number of piperidine rings is 1. The minimum Gasteiger partial charge on any atom is -0.391 e. The van der Waals surface area contributed by atoms with Crippen LogP contribution in [0.25, 0.3) is 0 Å². The van der Waals surface area contributed by atoms with Crippen LogP contribution in [0, 0.1) is 0 Å². The molecule has 2 aliphatic heterocycles. The molecule has 2 heterocycles. The maximum atomic E-state index is 11.9. The lowest BCUT2D eigenvalue weighted by Crippen LogP contribution is -2.50. The number of hydrogen-bond donors (Lipinski definition) is 1. The molecule has 0 aromatic heterocycles. The summed E-state index contributed by atoms with van der Waals surface area (Å²) >= 11 is 0. The van der Waals surface area contributed by atoms with Crippen molar-refractivity contribution >= 4 is 5.91 Å². The second kappa shape index (κ2) is 4.92. The summed E-state index contributed by atoms with van der Waals surface area (Å²) in [7, 11) is 0. The van der Waals surface area contributed by atoms with Crippen molar-refractivity contribution in [3.05, 3.63) is 0 Å². The van der Waals surface area contributed by atoms with E-state index in [4.69, 9.17) is 9.47 Å². The van der Waals surface area contributed by atoms with Crippen molar-refractivity contribution in [1.82, 2.24) is 4.90 Å². The first-order valence-corrected chi connectivity index (χ1v) is 5.43. The third-order valence-electron chi connectivity index (χ3n) is 2.80. The van der Waals surface area contributed by atoms with Crippen LogP contribution < -0.4 is 0 Å². The van der Waals surface area contributed by atoms with Crippen LogP contribution in [0.1, 0.15) is 12.8 Å². The molecule has 2 rings (SSSR count). The predicted octanol–water partition coefficient (Wildman–Crippen LogP) is -0.615. The lowest BCUT2D eigenvalue weighted by Gasteiger charge is -2.33. The van der Waals surface area contributed by atoms with Crippen molar-refractivity contribution in [2.45, 2.75) is 25.0 Å². The van der Waals surface area contributed by atoms with E-state index < -0.39 is 6.10 Å². The molecule has 0 bridgehead atoms. The summed E-state index contributed by atoms with van der Waals surface area (Å²) in [5.74, 6) is -0.0477. The largest absolute Gasteiger partial charge is 0.391 e. The van der Waals surface area contributed by atoms with Gasteiger partial charge in [0.25, 0.3) is 5.91 Å². The van der Waals surface area contributed by atoms with Gasteiger partial charge in [0.15, 0.2) is 6.10 Å². The molecule has 2 saturated heterocycles. The summed E-state index contributed by atoms with van der Waals surface area (Å²) < 4.78 is 10.5. The topological polar surface area (TPSA) is 59.0 Å². The summed E-state index contributed by atoms with van der Waals surface area (Å²) in [6, 6.07) is 0. The number of aliphatic hydroxyl groups is 1. The number of likely N-dealkylation sites (tertiary alicyclic amines) is 1. The van der Waals surface area contributed by atoms with Gasteiger partial charge < -0.3 is 19.5 Å². The second-order valence-electron chi connectivity index (χ2n) is 4.01. The van der Waals surface area contributed by atoms with E-state index in [0.29, 0.717) is 26.4 Å². The quantitative estimate of drug-likeness (QED) is 0.633. The van der Waals surface area contributed by atoms with Gasteiger partial charge in [-0.05, 0) is 12.8 Å². The number of hydrogen-bond acceptors (Lipinski definition) is 4. The Morgan fingerprint density at radius 3 is 2.93 bits per heavy atom. The van der Waals surface area contributed by atoms with Gasteiger partial charge >= 0.3 is 0 Å². The molecule has 15 heavy (non-hydrogen) atoms. The number of aliphatic hydroxyl groups excluding tert-OH is 1. The number of nitrogens with zero attached hydrogens (tertiary/aromatic N) is 1. The fourth-order valence-corrected chi connectivity index (χ4v) is 1.99. The van der Waals surface area contributed by atoms with Gasteiger partial charge in [-0.25, -0.2) is 0 Å². The molecule has 0 aromatic carbocycles. The van der Waals surface area contributed by atoms with Crippen LogP contribution in [0.15, 0.2) is 0 Å². The normalized spacial score (nSPS) is 32.7. The zero-order valence-corrected chi connectivity index (χ0v) is 8.72. The van der Waals surface area contributed by atoms with E-state index in [1.54, 1.807) is 4.90 Å². The molecule has 2 aliphatic rings. The number of β-amino-alcohol motifs (C(OH)–C–C–N with tert-alkyl or cyclic N) is 1. The van der Waals surface area contributed by atoms with Crippen molar-refractivity contribution in [3.8, 4) is 0 Å². The molecular formula is C10H17NO4. The van der Waals surface area contributed by atoms with Crippen LogP contribution in [0.3, 0.4) is 0 Å². The van der Waals surface area contributed by atoms with Crippen LogP contribution in [0.5, 0.6) is 0 Å². The van der Waals surface area contributed by atoms with Crippen LogP contribution >= 0.6 is 0 Å². The van der Waals surface area contributed by atoms with Gasteiger partial charge in [-0.2, -0.15) is 0 Å². The molecule has 0 saturated carbocycles. The first-order valence-electron chi connectivity index (χ1n) is 5.43. The van der Waals surface area contributed by atoms with Crippen molar-refractivity contribution in [3.63, 3.8) is 0 Å². The minimum absolute atomic E-state index is 0.0477. The molecule has 1 unspecified atom stereocenters. The third kappa shape index (κ3) is 2.68. The maximum absolute atomic E-state index is 11.9. The highest BCUT2D eigenvalue weighted by Crippen LogP contribution is 2.13. The average molecular weight is 215 g/mol. The van der Waals surface area contributed by atoms with E-state index in [1.165, 1.54) is 0 Å².